The number of carbonyl (C=O) groups is 1. The van der Waals surface area contributed by atoms with Gasteiger partial charge in [-0.2, -0.15) is 0 Å². The highest BCUT2D eigenvalue weighted by molar-refractivity contribution is 5.65. The van der Waals surface area contributed by atoms with Crippen molar-refractivity contribution in [2.24, 2.45) is 5.73 Å². The van der Waals surface area contributed by atoms with Crippen LogP contribution >= 0.6 is 0 Å². The molecule has 0 heterocycles. The Morgan fingerprint density at radius 3 is 2.26 bits per heavy atom. The Hall–Kier alpha value is -1.95. The van der Waals surface area contributed by atoms with E-state index in [1.54, 1.807) is 0 Å². The van der Waals surface area contributed by atoms with Crippen molar-refractivity contribution in [1.29, 1.82) is 0 Å². The van der Waals surface area contributed by atoms with Gasteiger partial charge in [0, 0.05) is 12.0 Å². The third-order valence-corrected chi connectivity index (χ3v) is 3.72. The van der Waals surface area contributed by atoms with E-state index in [0.29, 0.717) is 0 Å². The summed E-state index contributed by atoms with van der Waals surface area (Å²) in [4.78, 5) is 11.0. The van der Waals surface area contributed by atoms with Gasteiger partial charge >= 0.3 is 6.09 Å². The number of primary amides is 1. The molecule has 3 nitrogen and oxygen atoms in total. The van der Waals surface area contributed by atoms with Crippen molar-refractivity contribution in [1.82, 2.24) is 0 Å². The number of unbranched alkanes of at least 4 members (excludes halogenated alkanes) is 8. The van der Waals surface area contributed by atoms with E-state index in [4.69, 9.17) is 10.5 Å². The predicted octanol–water partition coefficient (Wildman–Crippen LogP) is 5.36. The number of hydrogen-bond donors (Lipinski definition) is 1. The minimum Gasteiger partial charge on any atom is -0.428 e. The molecule has 0 bridgehead atoms. The number of amides is 1. The van der Waals surface area contributed by atoms with Crippen LogP contribution < -0.4 is 5.73 Å². The van der Waals surface area contributed by atoms with Gasteiger partial charge in [0.15, 0.2) is 6.10 Å². The van der Waals surface area contributed by atoms with Crippen LogP contribution in [-0.2, 0) is 4.74 Å². The third kappa shape index (κ3) is 9.63. The first-order chi connectivity index (χ1) is 11.2. The fourth-order valence-electron chi connectivity index (χ4n) is 2.44. The van der Waals surface area contributed by atoms with Crippen molar-refractivity contribution >= 4 is 6.09 Å². The standard InChI is InChI=1S/C20H29NO2/c1-2-3-4-5-6-7-8-9-10-14-17-19(23-20(21)22)18-15-12-11-13-16-18/h11-13,15-16,19H,2-10H2,1H3,(H2,21,22). The van der Waals surface area contributed by atoms with Crippen LogP contribution in [0.5, 0.6) is 0 Å². The Morgan fingerprint density at radius 1 is 1.04 bits per heavy atom. The molecule has 1 unspecified atom stereocenters. The van der Waals surface area contributed by atoms with Gasteiger partial charge in [-0.25, -0.2) is 4.79 Å². The highest BCUT2D eigenvalue weighted by atomic mass is 16.6. The molecule has 1 rings (SSSR count). The van der Waals surface area contributed by atoms with E-state index >= 15 is 0 Å². The Labute approximate surface area is 140 Å². The van der Waals surface area contributed by atoms with Gasteiger partial charge in [0.2, 0.25) is 0 Å². The molecular weight excluding hydrogens is 286 g/mol. The van der Waals surface area contributed by atoms with Crippen LogP contribution in [0, 0.1) is 11.8 Å². The van der Waals surface area contributed by atoms with Crippen LogP contribution in [0.15, 0.2) is 30.3 Å². The highest BCUT2D eigenvalue weighted by Crippen LogP contribution is 2.16. The molecule has 1 amide bonds. The molecule has 0 fully saturated rings. The molecule has 3 heteroatoms. The molecular formula is C20H29NO2. The quantitative estimate of drug-likeness (QED) is 0.467. The first-order valence-corrected chi connectivity index (χ1v) is 8.73. The molecule has 2 N–H and O–H groups in total. The second-order valence-corrected chi connectivity index (χ2v) is 5.77. The maximum Gasteiger partial charge on any atom is 0.406 e. The average molecular weight is 315 g/mol. The molecule has 1 atom stereocenters. The van der Waals surface area contributed by atoms with Crippen molar-refractivity contribution in [3.8, 4) is 11.8 Å². The van der Waals surface area contributed by atoms with Gasteiger partial charge in [-0.3, -0.25) is 0 Å². The molecule has 1 aromatic carbocycles. The number of nitrogens with two attached hydrogens (primary N) is 1. The summed E-state index contributed by atoms with van der Waals surface area (Å²) in [5.74, 6) is 6.13. The van der Waals surface area contributed by atoms with Crippen molar-refractivity contribution in [3.63, 3.8) is 0 Å². The largest absolute Gasteiger partial charge is 0.428 e. The molecule has 0 aromatic heterocycles. The smallest absolute Gasteiger partial charge is 0.406 e. The zero-order chi connectivity index (χ0) is 16.8. The van der Waals surface area contributed by atoms with E-state index in [1.807, 2.05) is 30.3 Å². The lowest BCUT2D eigenvalue weighted by atomic mass is 10.1. The summed E-state index contributed by atoms with van der Waals surface area (Å²) in [6.45, 7) is 2.24. The number of carbonyl (C=O) groups excluding carboxylic acids is 1. The van der Waals surface area contributed by atoms with Gasteiger partial charge in [0.05, 0.1) is 0 Å². The van der Waals surface area contributed by atoms with Crippen LogP contribution in [-0.4, -0.2) is 6.09 Å². The number of rotatable bonds is 10. The second-order valence-electron chi connectivity index (χ2n) is 5.77. The van der Waals surface area contributed by atoms with Gasteiger partial charge in [-0.1, -0.05) is 94.0 Å². The van der Waals surface area contributed by atoms with E-state index in [-0.39, 0.29) is 0 Å². The number of hydrogen-bond acceptors (Lipinski definition) is 2. The first-order valence-electron chi connectivity index (χ1n) is 8.73. The summed E-state index contributed by atoms with van der Waals surface area (Å²) in [5.41, 5.74) is 5.98. The van der Waals surface area contributed by atoms with Crippen molar-refractivity contribution < 1.29 is 9.53 Å². The fraction of sp³-hybridized carbons (Fsp3) is 0.550. The zero-order valence-corrected chi connectivity index (χ0v) is 14.2. The van der Waals surface area contributed by atoms with E-state index in [2.05, 4.69) is 18.8 Å². The molecule has 0 aliphatic heterocycles. The lowest BCUT2D eigenvalue weighted by Gasteiger charge is -2.10. The lowest BCUT2D eigenvalue weighted by Crippen LogP contribution is -2.16. The van der Waals surface area contributed by atoms with Gasteiger partial charge in [0.25, 0.3) is 0 Å². The molecule has 1 aromatic rings. The molecule has 0 aliphatic rings. The first kappa shape index (κ1) is 19.1. The average Bonchev–Trinajstić information content (AvgIpc) is 2.56. The molecule has 0 aliphatic carbocycles. The zero-order valence-electron chi connectivity index (χ0n) is 14.2. The molecule has 0 spiro atoms. The van der Waals surface area contributed by atoms with Crippen LogP contribution in [0.25, 0.3) is 0 Å². The van der Waals surface area contributed by atoms with E-state index in [1.165, 1.54) is 44.9 Å². The molecule has 23 heavy (non-hydrogen) atoms. The summed E-state index contributed by atoms with van der Waals surface area (Å²) in [5, 5.41) is 0. The van der Waals surface area contributed by atoms with Gasteiger partial charge < -0.3 is 10.5 Å². The molecule has 0 radical (unpaired) electrons. The summed E-state index contributed by atoms with van der Waals surface area (Å²) in [7, 11) is 0. The van der Waals surface area contributed by atoms with Gasteiger partial charge in [0.1, 0.15) is 0 Å². The van der Waals surface area contributed by atoms with E-state index in [0.717, 1.165) is 18.4 Å². The van der Waals surface area contributed by atoms with Crippen LogP contribution in [0.4, 0.5) is 4.79 Å². The number of ether oxygens (including phenoxy) is 1. The van der Waals surface area contributed by atoms with Crippen LogP contribution in [0.3, 0.4) is 0 Å². The molecule has 0 saturated heterocycles. The van der Waals surface area contributed by atoms with Crippen molar-refractivity contribution in [2.75, 3.05) is 0 Å². The van der Waals surface area contributed by atoms with Crippen LogP contribution in [0.2, 0.25) is 0 Å². The monoisotopic (exact) mass is 315 g/mol. The minimum absolute atomic E-state index is 0.567. The summed E-state index contributed by atoms with van der Waals surface area (Å²) in [6.07, 6.45) is 9.75. The Bertz CT molecular complexity index is 487. The SMILES string of the molecule is CCCCCCCCCCC#CC(OC(N)=O)c1ccccc1. The van der Waals surface area contributed by atoms with Crippen molar-refractivity contribution in [2.45, 2.75) is 70.8 Å². The number of benzene rings is 1. The maximum absolute atomic E-state index is 11.0. The predicted molar refractivity (Wildman–Crippen MR) is 94.9 cm³/mol. The fourth-order valence-corrected chi connectivity index (χ4v) is 2.44. The summed E-state index contributed by atoms with van der Waals surface area (Å²) < 4.78 is 5.08. The summed E-state index contributed by atoms with van der Waals surface area (Å²) in [6, 6.07) is 9.48. The highest BCUT2D eigenvalue weighted by Gasteiger charge is 2.11. The molecule has 0 saturated carbocycles. The summed E-state index contributed by atoms with van der Waals surface area (Å²) >= 11 is 0. The van der Waals surface area contributed by atoms with Crippen LogP contribution in [0.1, 0.15) is 76.4 Å². The Kier molecular flexibility index (Phi) is 10.4. The third-order valence-electron chi connectivity index (χ3n) is 3.72. The van der Waals surface area contributed by atoms with E-state index < -0.39 is 12.2 Å². The second kappa shape index (κ2) is 12.6. The van der Waals surface area contributed by atoms with Gasteiger partial charge in [-0.05, 0) is 6.42 Å². The van der Waals surface area contributed by atoms with Crippen molar-refractivity contribution in [3.05, 3.63) is 35.9 Å². The Morgan fingerprint density at radius 2 is 1.65 bits per heavy atom. The van der Waals surface area contributed by atoms with E-state index in [9.17, 15) is 4.79 Å². The normalized spacial score (nSPS) is 11.3. The molecule has 126 valence electrons. The minimum atomic E-state index is -0.791. The lowest BCUT2D eigenvalue weighted by molar-refractivity contribution is 0.134. The van der Waals surface area contributed by atoms with Gasteiger partial charge in [-0.15, -0.1) is 0 Å². The maximum atomic E-state index is 11.0. The topological polar surface area (TPSA) is 52.3 Å². The Balaban J connectivity index is 2.27.